The highest BCUT2D eigenvalue weighted by Crippen LogP contribution is 2.36. The van der Waals surface area contributed by atoms with Gasteiger partial charge in [0.05, 0.1) is 11.8 Å². The number of carbonyl (C=O) groups is 1. The molecule has 3 nitrogen and oxygen atoms in total. The van der Waals surface area contributed by atoms with E-state index >= 15 is 0 Å². The summed E-state index contributed by atoms with van der Waals surface area (Å²) in [5.74, 6) is -3.07. The van der Waals surface area contributed by atoms with Gasteiger partial charge in [0.25, 0.3) is 0 Å². The monoisotopic (exact) mass is 280 g/mol. The topological polar surface area (TPSA) is 32.3 Å². The van der Waals surface area contributed by atoms with Crippen molar-refractivity contribution in [1.82, 2.24) is 10.2 Å². The van der Waals surface area contributed by atoms with Gasteiger partial charge >= 0.3 is 6.18 Å². The highest BCUT2D eigenvalue weighted by molar-refractivity contribution is 5.79. The zero-order valence-corrected chi connectivity index (χ0v) is 11.9. The second-order valence-electron chi connectivity index (χ2n) is 4.29. The van der Waals surface area contributed by atoms with Crippen molar-refractivity contribution < 1.29 is 18.0 Å². The van der Waals surface area contributed by atoms with E-state index < -0.39 is 23.9 Å². The van der Waals surface area contributed by atoms with Crippen LogP contribution < -0.4 is 5.32 Å². The van der Waals surface area contributed by atoms with Crippen molar-refractivity contribution in [2.24, 2.45) is 11.8 Å². The fraction of sp³-hybridized carbons (Fsp3) is 0.769. The maximum Gasteiger partial charge on any atom is 0.393 e. The quantitative estimate of drug-likeness (QED) is 0.805. The van der Waals surface area contributed by atoms with Gasteiger partial charge < -0.3 is 10.2 Å². The summed E-state index contributed by atoms with van der Waals surface area (Å²) >= 11 is 0. The maximum absolute atomic E-state index is 12.7. The Morgan fingerprint density at radius 2 is 1.95 bits per heavy atom. The summed E-state index contributed by atoms with van der Waals surface area (Å²) in [4.78, 5) is 13.2. The summed E-state index contributed by atoms with van der Waals surface area (Å²) in [6.45, 7) is 6.12. The van der Waals surface area contributed by atoms with E-state index in [1.807, 2.05) is 13.8 Å². The summed E-state index contributed by atoms with van der Waals surface area (Å²) in [5.41, 5.74) is 0. The lowest BCUT2D eigenvalue weighted by Crippen LogP contribution is -2.40. The predicted molar refractivity (Wildman–Crippen MR) is 69.7 cm³/mol. The number of nitrogens with zero attached hydrogens (tertiary/aromatic N) is 1. The van der Waals surface area contributed by atoms with E-state index in [2.05, 4.69) is 5.32 Å². The molecule has 0 aromatic carbocycles. The maximum atomic E-state index is 12.7. The number of carbonyl (C=O) groups excluding carboxylic acids is 1. The van der Waals surface area contributed by atoms with E-state index in [1.54, 1.807) is 26.1 Å². The van der Waals surface area contributed by atoms with E-state index in [9.17, 15) is 18.0 Å². The first-order valence-electron chi connectivity index (χ1n) is 6.50. The second-order valence-corrected chi connectivity index (χ2v) is 4.29. The van der Waals surface area contributed by atoms with Gasteiger partial charge in [-0.25, -0.2) is 0 Å². The molecule has 1 rings (SSSR count). The lowest BCUT2D eigenvalue weighted by Gasteiger charge is -2.20. The Kier molecular flexibility index (Phi) is 7.75. The zero-order chi connectivity index (χ0) is 15.1. The molecule has 1 amide bonds. The number of hydrogen-bond acceptors (Lipinski definition) is 2. The van der Waals surface area contributed by atoms with Gasteiger partial charge in [-0.2, -0.15) is 13.2 Å². The predicted octanol–water partition coefficient (Wildman–Crippen LogP) is 2.45. The highest BCUT2D eigenvalue weighted by Gasteiger charge is 2.51. The Bertz CT molecular complexity index is 303. The van der Waals surface area contributed by atoms with E-state index in [1.165, 1.54) is 4.90 Å². The van der Waals surface area contributed by atoms with Crippen molar-refractivity contribution in [3.63, 3.8) is 0 Å². The SMILES string of the molecule is C/C=C/CNC(=O)C1CN(C)CC1C(F)(F)F.CC. The van der Waals surface area contributed by atoms with Crippen LogP contribution in [0.5, 0.6) is 0 Å². The third-order valence-electron chi connectivity index (χ3n) is 2.89. The Morgan fingerprint density at radius 1 is 1.37 bits per heavy atom. The van der Waals surface area contributed by atoms with Crippen LogP contribution in [0.15, 0.2) is 12.2 Å². The number of alkyl halides is 3. The molecule has 0 spiro atoms. The zero-order valence-electron chi connectivity index (χ0n) is 11.9. The van der Waals surface area contributed by atoms with Crippen LogP contribution in [0.1, 0.15) is 20.8 Å². The Labute approximate surface area is 112 Å². The van der Waals surface area contributed by atoms with Crippen molar-refractivity contribution in [1.29, 1.82) is 0 Å². The molecule has 0 bridgehead atoms. The second kappa shape index (κ2) is 8.19. The minimum Gasteiger partial charge on any atom is -0.352 e. The van der Waals surface area contributed by atoms with Gasteiger partial charge in [0.1, 0.15) is 0 Å². The third-order valence-corrected chi connectivity index (χ3v) is 2.89. The lowest BCUT2D eigenvalue weighted by atomic mass is 9.94. The molecule has 1 aliphatic rings. The summed E-state index contributed by atoms with van der Waals surface area (Å²) in [5, 5.41) is 2.50. The number of likely N-dealkylation sites (tertiary alicyclic amines) is 1. The molecule has 19 heavy (non-hydrogen) atoms. The average Bonchev–Trinajstić information content (AvgIpc) is 2.74. The number of halogens is 3. The largest absolute Gasteiger partial charge is 0.393 e. The number of rotatable bonds is 3. The first-order chi connectivity index (χ1) is 8.86. The fourth-order valence-electron chi connectivity index (χ4n) is 2.01. The van der Waals surface area contributed by atoms with Crippen molar-refractivity contribution >= 4 is 5.91 Å². The molecule has 0 aromatic rings. The van der Waals surface area contributed by atoms with Gasteiger partial charge in [-0.05, 0) is 14.0 Å². The molecule has 1 N–H and O–H groups in total. The summed E-state index contributed by atoms with van der Waals surface area (Å²) in [7, 11) is 1.60. The summed E-state index contributed by atoms with van der Waals surface area (Å²) in [6, 6.07) is 0. The van der Waals surface area contributed by atoms with Gasteiger partial charge in [0.15, 0.2) is 0 Å². The van der Waals surface area contributed by atoms with E-state index in [-0.39, 0.29) is 19.6 Å². The molecule has 0 saturated carbocycles. The minimum atomic E-state index is -4.31. The highest BCUT2D eigenvalue weighted by atomic mass is 19.4. The first kappa shape index (κ1) is 18.0. The van der Waals surface area contributed by atoms with E-state index in [4.69, 9.17) is 0 Å². The van der Waals surface area contributed by atoms with Crippen molar-refractivity contribution in [2.45, 2.75) is 26.9 Å². The fourth-order valence-corrected chi connectivity index (χ4v) is 2.01. The summed E-state index contributed by atoms with van der Waals surface area (Å²) in [6.07, 6.45) is -0.880. The first-order valence-corrected chi connectivity index (χ1v) is 6.50. The number of amides is 1. The van der Waals surface area contributed by atoms with E-state index in [0.29, 0.717) is 0 Å². The number of allylic oxidation sites excluding steroid dienone is 1. The number of hydrogen-bond donors (Lipinski definition) is 1. The molecule has 0 aromatic heterocycles. The number of nitrogens with one attached hydrogen (secondary N) is 1. The van der Waals surface area contributed by atoms with Crippen LogP contribution in [0, 0.1) is 11.8 Å². The molecule has 2 unspecified atom stereocenters. The van der Waals surface area contributed by atoms with Gasteiger partial charge in [-0.15, -0.1) is 0 Å². The molecule has 1 fully saturated rings. The van der Waals surface area contributed by atoms with Gasteiger partial charge in [-0.3, -0.25) is 4.79 Å². The molecular formula is C13H23F3N2O. The molecule has 0 aliphatic carbocycles. The van der Waals surface area contributed by atoms with E-state index in [0.717, 1.165) is 0 Å². The van der Waals surface area contributed by atoms with Crippen molar-refractivity contribution in [2.75, 3.05) is 26.7 Å². The molecule has 1 aliphatic heterocycles. The average molecular weight is 280 g/mol. The smallest absolute Gasteiger partial charge is 0.352 e. The normalized spacial score (nSPS) is 24.2. The molecule has 112 valence electrons. The van der Waals surface area contributed by atoms with Crippen LogP contribution in [-0.2, 0) is 4.79 Å². The summed E-state index contributed by atoms with van der Waals surface area (Å²) < 4.78 is 38.1. The third kappa shape index (κ3) is 5.63. The molecule has 1 heterocycles. The van der Waals surface area contributed by atoms with Gasteiger partial charge in [0, 0.05) is 19.6 Å². The van der Waals surface area contributed by atoms with Gasteiger partial charge in [-0.1, -0.05) is 26.0 Å². The lowest BCUT2D eigenvalue weighted by molar-refractivity contribution is -0.183. The minimum absolute atomic E-state index is 0.106. The van der Waals surface area contributed by atoms with Crippen molar-refractivity contribution in [3.05, 3.63) is 12.2 Å². The Morgan fingerprint density at radius 3 is 2.42 bits per heavy atom. The Hall–Kier alpha value is -1.04. The van der Waals surface area contributed by atoms with Crippen LogP contribution >= 0.6 is 0 Å². The van der Waals surface area contributed by atoms with Crippen LogP contribution in [0.2, 0.25) is 0 Å². The molecular weight excluding hydrogens is 257 g/mol. The standard InChI is InChI=1S/C11H17F3N2O.C2H6/c1-3-4-5-15-10(17)8-6-16(2)7-9(8)11(12,13)14;1-2/h3-4,8-9H,5-7H2,1-2H3,(H,15,17);1-2H3/b4-3+;. The van der Waals surface area contributed by atoms with Crippen LogP contribution in [0.4, 0.5) is 13.2 Å². The molecule has 1 saturated heterocycles. The molecule has 0 radical (unpaired) electrons. The van der Waals surface area contributed by atoms with Crippen LogP contribution in [-0.4, -0.2) is 43.7 Å². The molecule has 2 atom stereocenters. The van der Waals surface area contributed by atoms with Crippen molar-refractivity contribution in [3.8, 4) is 0 Å². The van der Waals surface area contributed by atoms with Crippen LogP contribution in [0.3, 0.4) is 0 Å². The molecule has 6 heteroatoms. The Balaban J connectivity index is 0.00000154. The van der Waals surface area contributed by atoms with Gasteiger partial charge in [0.2, 0.25) is 5.91 Å². The van der Waals surface area contributed by atoms with Crippen LogP contribution in [0.25, 0.3) is 0 Å².